The first-order chi connectivity index (χ1) is 9.21. The van der Waals surface area contributed by atoms with Crippen LogP contribution in [0.2, 0.25) is 0 Å². The molecule has 2 atom stereocenters. The van der Waals surface area contributed by atoms with E-state index >= 15 is 0 Å². The first-order valence-corrected chi connectivity index (χ1v) is 6.70. The fraction of sp³-hybridized carbons (Fsp3) is 0.571. The molecule has 1 aromatic rings. The van der Waals surface area contributed by atoms with Crippen LogP contribution in [-0.4, -0.2) is 34.0 Å². The fourth-order valence-corrected chi connectivity index (χ4v) is 2.74. The van der Waals surface area contributed by atoms with Gasteiger partial charge in [0.25, 0.3) is 0 Å². The van der Waals surface area contributed by atoms with E-state index in [2.05, 4.69) is 0 Å². The lowest BCUT2D eigenvalue weighted by atomic mass is 10.0. The summed E-state index contributed by atoms with van der Waals surface area (Å²) in [5.74, 6) is 1.99. The first-order valence-electron chi connectivity index (χ1n) is 6.26. The van der Waals surface area contributed by atoms with Crippen LogP contribution in [0, 0.1) is 0 Å². The first kappa shape index (κ1) is 14.3. The van der Waals surface area contributed by atoms with E-state index in [1.807, 2.05) is 12.1 Å². The highest BCUT2D eigenvalue weighted by Crippen LogP contribution is 2.44. The van der Waals surface area contributed by atoms with Gasteiger partial charge in [-0.1, -0.05) is 0 Å². The molecule has 0 saturated carbocycles. The summed E-state index contributed by atoms with van der Waals surface area (Å²) in [6, 6.07) is 3.62. The number of methoxy groups -OCH3 is 3. The average Bonchev–Trinajstić information content (AvgIpc) is 2.99. The molecule has 0 amide bonds. The maximum atomic E-state index is 6.55. The van der Waals surface area contributed by atoms with Crippen molar-refractivity contribution >= 4 is 11.6 Å². The number of halogens is 1. The minimum Gasteiger partial charge on any atom is -0.496 e. The van der Waals surface area contributed by atoms with E-state index in [0.29, 0.717) is 17.2 Å². The van der Waals surface area contributed by atoms with Crippen molar-refractivity contribution in [1.29, 1.82) is 0 Å². The molecule has 1 aromatic carbocycles. The lowest BCUT2D eigenvalue weighted by molar-refractivity contribution is 0.106. The van der Waals surface area contributed by atoms with Gasteiger partial charge in [0.2, 0.25) is 0 Å². The maximum absolute atomic E-state index is 6.55. The zero-order valence-electron chi connectivity index (χ0n) is 11.4. The van der Waals surface area contributed by atoms with E-state index in [1.165, 1.54) is 0 Å². The number of hydrogen-bond acceptors (Lipinski definition) is 4. The molecule has 0 N–H and O–H groups in total. The van der Waals surface area contributed by atoms with Crippen molar-refractivity contribution in [2.75, 3.05) is 27.9 Å². The normalized spacial score (nSPS) is 20.1. The van der Waals surface area contributed by atoms with Crippen LogP contribution in [0.15, 0.2) is 12.1 Å². The average molecular weight is 287 g/mol. The third-order valence-corrected chi connectivity index (χ3v) is 3.82. The van der Waals surface area contributed by atoms with Crippen LogP contribution in [0.25, 0.3) is 0 Å². The number of benzene rings is 1. The molecule has 0 bridgehead atoms. The van der Waals surface area contributed by atoms with E-state index in [-0.39, 0.29) is 11.5 Å². The Labute approximate surface area is 118 Å². The van der Waals surface area contributed by atoms with Crippen LogP contribution in [0.5, 0.6) is 17.2 Å². The third kappa shape index (κ3) is 2.90. The van der Waals surface area contributed by atoms with Crippen LogP contribution in [0.1, 0.15) is 23.8 Å². The number of alkyl halides is 1. The molecule has 1 aliphatic rings. The van der Waals surface area contributed by atoms with Crippen molar-refractivity contribution in [3.63, 3.8) is 0 Å². The Hall–Kier alpha value is -1.13. The van der Waals surface area contributed by atoms with E-state index in [0.717, 1.165) is 25.0 Å². The van der Waals surface area contributed by atoms with Gasteiger partial charge >= 0.3 is 0 Å². The van der Waals surface area contributed by atoms with Gasteiger partial charge in [0.1, 0.15) is 17.2 Å². The predicted octanol–water partition coefficient (Wildman–Crippen LogP) is 3.17. The van der Waals surface area contributed by atoms with E-state index < -0.39 is 0 Å². The van der Waals surface area contributed by atoms with Crippen LogP contribution >= 0.6 is 11.6 Å². The van der Waals surface area contributed by atoms with Gasteiger partial charge in [-0.3, -0.25) is 0 Å². The van der Waals surface area contributed by atoms with Gasteiger partial charge in [-0.2, -0.15) is 0 Å². The lowest BCUT2D eigenvalue weighted by Crippen LogP contribution is -2.14. The monoisotopic (exact) mass is 286 g/mol. The van der Waals surface area contributed by atoms with Crippen molar-refractivity contribution < 1.29 is 18.9 Å². The second kappa shape index (κ2) is 6.35. The van der Waals surface area contributed by atoms with Crippen molar-refractivity contribution in [3.8, 4) is 17.2 Å². The van der Waals surface area contributed by atoms with E-state index in [1.54, 1.807) is 21.3 Å². The van der Waals surface area contributed by atoms with Crippen LogP contribution in [-0.2, 0) is 4.74 Å². The Morgan fingerprint density at radius 3 is 2.21 bits per heavy atom. The molecule has 0 aliphatic carbocycles. The van der Waals surface area contributed by atoms with Gasteiger partial charge in [0.05, 0.1) is 38.4 Å². The lowest BCUT2D eigenvalue weighted by Gasteiger charge is -2.22. The van der Waals surface area contributed by atoms with E-state index in [4.69, 9.17) is 30.5 Å². The largest absolute Gasteiger partial charge is 0.496 e. The summed E-state index contributed by atoms with van der Waals surface area (Å²) in [6.07, 6.45) is 1.99. The highest BCUT2D eigenvalue weighted by Gasteiger charge is 2.30. The Balaban J connectivity index is 2.40. The van der Waals surface area contributed by atoms with Gasteiger partial charge in [-0.05, 0) is 12.8 Å². The topological polar surface area (TPSA) is 36.9 Å². The summed E-state index contributed by atoms with van der Waals surface area (Å²) < 4.78 is 21.7. The van der Waals surface area contributed by atoms with Gasteiger partial charge in [-0.25, -0.2) is 0 Å². The second-order valence-corrected chi connectivity index (χ2v) is 4.87. The maximum Gasteiger partial charge on any atom is 0.131 e. The zero-order valence-corrected chi connectivity index (χ0v) is 12.2. The molecule has 4 nitrogen and oxygen atoms in total. The van der Waals surface area contributed by atoms with Gasteiger partial charge < -0.3 is 18.9 Å². The Morgan fingerprint density at radius 1 is 1.16 bits per heavy atom. The summed E-state index contributed by atoms with van der Waals surface area (Å²) in [5.41, 5.74) is 0.819. The molecule has 1 fully saturated rings. The SMILES string of the molecule is COc1cc(OC)c(C(Cl)C2CCCO2)c(OC)c1. The second-order valence-electron chi connectivity index (χ2n) is 4.40. The quantitative estimate of drug-likeness (QED) is 0.779. The molecule has 5 heteroatoms. The van der Waals surface area contributed by atoms with Gasteiger partial charge in [-0.15, -0.1) is 11.6 Å². The van der Waals surface area contributed by atoms with Gasteiger partial charge in [0.15, 0.2) is 0 Å². The molecule has 0 radical (unpaired) electrons. The highest BCUT2D eigenvalue weighted by atomic mass is 35.5. The molecule has 2 rings (SSSR count). The molecule has 1 aliphatic heterocycles. The third-order valence-electron chi connectivity index (χ3n) is 3.32. The number of hydrogen-bond donors (Lipinski definition) is 0. The molecular weight excluding hydrogens is 268 g/mol. The van der Waals surface area contributed by atoms with Crippen molar-refractivity contribution in [3.05, 3.63) is 17.7 Å². The predicted molar refractivity (Wildman–Crippen MR) is 73.7 cm³/mol. The van der Waals surface area contributed by atoms with Crippen molar-refractivity contribution in [2.45, 2.75) is 24.3 Å². The van der Waals surface area contributed by atoms with Crippen molar-refractivity contribution in [1.82, 2.24) is 0 Å². The van der Waals surface area contributed by atoms with Crippen LogP contribution < -0.4 is 14.2 Å². The molecule has 106 valence electrons. The molecule has 0 aromatic heterocycles. The standard InChI is InChI=1S/C14H19ClO4/c1-16-9-7-11(17-2)13(12(8-9)18-3)14(15)10-5-4-6-19-10/h7-8,10,14H,4-6H2,1-3H3. The highest BCUT2D eigenvalue weighted by molar-refractivity contribution is 6.21. The minimum atomic E-state index is -0.293. The summed E-state index contributed by atoms with van der Waals surface area (Å²) in [7, 11) is 4.82. The Morgan fingerprint density at radius 2 is 1.79 bits per heavy atom. The smallest absolute Gasteiger partial charge is 0.131 e. The Bertz CT molecular complexity index is 404. The fourth-order valence-electron chi connectivity index (χ4n) is 2.32. The summed E-state index contributed by atoms with van der Waals surface area (Å²) in [4.78, 5) is 0. The summed E-state index contributed by atoms with van der Waals surface area (Å²) in [6.45, 7) is 0.759. The molecule has 19 heavy (non-hydrogen) atoms. The Kier molecular flexibility index (Phi) is 4.77. The van der Waals surface area contributed by atoms with Crippen LogP contribution in [0.3, 0.4) is 0 Å². The minimum absolute atomic E-state index is 0.00198. The number of rotatable bonds is 5. The summed E-state index contributed by atoms with van der Waals surface area (Å²) >= 11 is 6.55. The molecule has 2 unspecified atom stereocenters. The van der Waals surface area contributed by atoms with E-state index in [9.17, 15) is 0 Å². The van der Waals surface area contributed by atoms with Gasteiger partial charge in [0, 0.05) is 18.7 Å². The molecule has 1 saturated heterocycles. The summed E-state index contributed by atoms with van der Waals surface area (Å²) in [5, 5.41) is -0.293. The van der Waals surface area contributed by atoms with Crippen LogP contribution in [0.4, 0.5) is 0 Å². The zero-order chi connectivity index (χ0) is 13.8. The molecular formula is C14H19ClO4. The molecule has 1 heterocycles. The number of ether oxygens (including phenoxy) is 4. The molecule has 0 spiro atoms. The van der Waals surface area contributed by atoms with Crippen molar-refractivity contribution in [2.24, 2.45) is 0 Å².